The Balaban J connectivity index is 1.40. The highest BCUT2D eigenvalue weighted by molar-refractivity contribution is 7.89. The Bertz CT molecular complexity index is 1160. The Morgan fingerprint density at radius 3 is 2.75 bits per heavy atom. The molecule has 2 unspecified atom stereocenters. The second-order valence-electron chi connectivity index (χ2n) is 8.23. The van der Waals surface area contributed by atoms with Gasteiger partial charge in [0.15, 0.2) is 0 Å². The monoisotopic (exact) mass is 472 g/mol. The van der Waals surface area contributed by atoms with Crippen LogP contribution in [0.1, 0.15) is 41.9 Å². The number of pyridine rings is 1. The van der Waals surface area contributed by atoms with Crippen LogP contribution in [0.5, 0.6) is 0 Å². The molecule has 1 aliphatic rings. The number of fused-ring (bicyclic) bond motifs is 1. The lowest BCUT2D eigenvalue weighted by Gasteiger charge is -2.36. The summed E-state index contributed by atoms with van der Waals surface area (Å²) in [4.78, 5) is 17.5. The number of carbonyl (C=O) groups excluding carboxylic acids is 1. The summed E-state index contributed by atoms with van der Waals surface area (Å²) >= 11 is 1.40. The maximum atomic E-state index is 13.2. The van der Waals surface area contributed by atoms with Gasteiger partial charge in [-0.25, -0.2) is 8.42 Å². The molecule has 4 rings (SSSR count). The Hall–Kier alpha value is -2.33. The van der Waals surface area contributed by atoms with Crippen LogP contribution in [-0.4, -0.2) is 48.8 Å². The lowest BCUT2D eigenvalue weighted by Crippen LogP contribution is -2.56. The van der Waals surface area contributed by atoms with E-state index in [1.807, 2.05) is 19.1 Å². The highest BCUT2D eigenvalue weighted by atomic mass is 32.2. The lowest BCUT2D eigenvalue weighted by molar-refractivity contribution is 0.0955. The smallest absolute Gasteiger partial charge is 0.261 e. The number of aromatic nitrogens is 1. The van der Waals surface area contributed by atoms with Gasteiger partial charge in [-0.15, -0.1) is 11.3 Å². The largest absolute Gasteiger partial charge is 0.347 e. The normalized spacial score (nSPS) is 19.8. The highest BCUT2D eigenvalue weighted by Gasteiger charge is 2.32. The van der Waals surface area contributed by atoms with E-state index in [0.29, 0.717) is 24.5 Å². The average Bonchev–Trinajstić information content (AvgIpc) is 3.22. The van der Waals surface area contributed by atoms with Crippen LogP contribution in [-0.2, 0) is 16.6 Å². The Morgan fingerprint density at radius 2 is 2.03 bits per heavy atom. The van der Waals surface area contributed by atoms with Crippen molar-refractivity contribution in [3.63, 3.8) is 0 Å². The fourth-order valence-corrected chi connectivity index (χ4v) is 6.57. The van der Waals surface area contributed by atoms with Crippen LogP contribution >= 0.6 is 11.3 Å². The number of hydrogen-bond acceptors (Lipinski definition) is 6. The van der Waals surface area contributed by atoms with Crippen LogP contribution in [0.3, 0.4) is 0 Å². The second-order valence-corrected chi connectivity index (χ2v) is 11.2. The molecule has 1 aromatic carbocycles. The number of carbonyl (C=O) groups is 1. The first-order valence-corrected chi connectivity index (χ1v) is 13.1. The van der Waals surface area contributed by atoms with Gasteiger partial charge in [-0.3, -0.25) is 9.78 Å². The van der Waals surface area contributed by atoms with Gasteiger partial charge < -0.3 is 10.6 Å². The van der Waals surface area contributed by atoms with Crippen LogP contribution in [0.2, 0.25) is 0 Å². The molecule has 1 saturated heterocycles. The molecule has 2 N–H and O–H groups in total. The first-order chi connectivity index (χ1) is 15.4. The predicted octanol–water partition coefficient (Wildman–Crippen LogP) is 3.38. The zero-order valence-electron chi connectivity index (χ0n) is 18.2. The molecule has 0 bridgehead atoms. The van der Waals surface area contributed by atoms with E-state index >= 15 is 0 Å². The van der Waals surface area contributed by atoms with Gasteiger partial charge in [0.1, 0.15) is 0 Å². The predicted molar refractivity (Wildman–Crippen MR) is 127 cm³/mol. The van der Waals surface area contributed by atoms with E-state index in [1.165, 1.54) is 11.3 Å². The molecular weight excluding hydrogens is 444 g/mol. The maximum Gasteiger partial charge on any atom is 0.261 e. The zero-order chi connectivity index (χ0) is 22.7. The summed E-state index contributed by atoms with van der Waals surface area (Å²) in [6.45, 7) is 5.40. The van der Waals surface area contributed by atoms with Crippen LogP contribution in [0.15, 0.2) is 53.7 Å². The van der Waals surface area contributed by atoms with E-state index < -0.39 is 10.0 Å². The van der Waals surface area contributed by atoms with Gasteiger partial charge in [-0.05, 0) is 48.6 Å². The number of benzene rings is 1. The molecular formula is C23H28N4O3S2. The number of sulfonamides is 1. The minimum atomic E-state index is -3.55. The quantitative estimate of drug-likeness (QED) is 0.550. The van der Waals surface area contributed by atoms with Crippen molar-refractivity contribution < 1.29 is 13.2 Å². The van der Waals surface area contributed by atoms with Crippen molar-refractivity contribution in [2.45, 2.75) is 50.2 Å². The summed E-state index contributed by atoms with van der Waals surface area (Å²) in [5.41, 5.74) is 0.845. The zero-order valence-corrected chi connectivity index (χ0v) is 19.9. The summed E-state index contributed by atoms with van der Waals surface area (Å²) in [6, 6.07) is 10.8. The van der Waals surface area contributed by atoms with E-state index in [9.17, 15) is 13.2 Å². The van der Waals surface area contributed by atoms with Crippen LogP contribution in [0, 0.1) is 0 Å². The number of nitrogens with zero attached hydrogens (tertiary/aromatic N) is 2. The van der Waals surface area contributed by atoms with E-state index in [1.54, 1.807) is 41.0 Å². The van der Waals surface area contributed by atoms with Gasteiger partial charge in [0, 0.05) is 44.1 Å². The molecule has 1 aliphatic heterocycles. The third-order valence-corrected chi connectivity index (χ3v) is 8.55. The lowest BCUT2D eigenvalue weighted by atomic mass is 10.1. The third-order valence-electron chi connectivity index (χ3n) is 5.62. The molecule has 2 aromatic heterocycles. The van der Waals surface area contributed by atoms with Gasteiger partial charge >= 0.3 is 0 Å². The summed E-state index contributed by atoms with van der Waals surface area (Å²) < 4.78 is 28.9. The van der Waals surface area contributed by atoms with Gasteiger partial charge in [0.25, 0.3) is 5.91 Å². The molecule has 3 aromatic rings. The van der Waals surface area contributed by atoms with Crippen molar-refractivity contribution >= 4 is 37.4 Å². The van der Waals surface area contributed by atoms with E-state index in [2.05, 4.69) is 22.5 Å². The summed E-state index contributed by atoms with van der Waals surface area (Å²) in [6.07, 6.45) is 5.42. The van der Waals surface area contributed by atoms with Crippen LogP contribution in [0.25, 0.3) is 10.1 Å². The van der Waals surface area contributed by atoms with Crippen molar-refractivity contribution in [1.29, 1.82) is 0 Å². The van der Waals surface area contributed by atoms with E-state index in [4.69, 9.17) is 0 Å². The van der Waals surface area contributed by atoms with Gasteiger partial charge in [0.2, 0.25) is 10.0 Å². The molecule has 0 radical (unpaired) electrons. The van der Waals surface area contributed by atoms with Gasteiger partial charge in [-0.1, -0.05) is 25.5 Å². The van der Waals surface area contributed by atoms with Crippen molar-refractivity contribution in [2.75, 3.05) is 13.1 Å². The minimum absolute atomic E-state index is 0.120. The van der Waals surface area contributed by atoms with Gasteiger partial charge in [0.05, 0.1) is 14.5 Å². The third kappa shape index (κ3) is 5.01. The fourth-order valence-electron chi connectivity index (χ4n) is 4.05. The van der Waals surface area contributed by atoms with Crippen molar-refractivity contribution in [2.24, 2.45) is 0 Å². The van der Waals surface area contributed by atoms with E-state index in [0.717, 1.165) is 28.5 Å². The number of thiophene rings is 1. The standard InChI is InChI=1S/C23H28N4O3S2/c1-3-4-19-15-27(14-16(2)26-19)32(29,30)20-7-5-17(6-8-20)12-25-23(28)21-11-18-9-10-24-13-22(18)31-21/h5-11,13,16,19,26H,3-4,12,14-15H2,1-2H3,(H,25,28). The first kappa shape index (κ1) is 22.8. The van der Waals surface area contributed by atoms with Crippen LogP contribution in [0.4, 0.5) is 0 Å². The number of amides is 1. The molecule has 1 fully saturated rings. The SMILES string of the molecule is CCCC1CN(S(=O)(=O)c2ccc(CNC(=O)c3cc4ccncc4s3)cc2)CC(C)N1. The maximum absolute atomic E-state index is 13.2. The molecule has 32 heavy (non-hydrogen) atoms. The number of piperazine rings is 1. The number of nitrogens with one attached hydrogen (secondary N) is 2. The molecule has 3 heterocycles. The van der Waals surface area contributed by atoms with Crippen molar-refractivity contribution in [3.8, 4) is 0 Å². The molecule has 170 valence electrons. The second kappa shape index (κ2) is 9.66. The highest BCUT2D eigenvalue weighted by Crippen LogP contribution is 2.24. The van der Waals surface area contributed by atoms with Crippen molar-refractivity contribution in [3.05, 3.63) is 59.2 Å². The molecule has 0 saturated carbocycles. The molecule has 9 heteroatoms. The van der Waals surface area contributed by atoms with Crippen molar-refractivity contribution in [1.82, 2.24) is 19.9 Å². The summed E-state index contributed by atoms with van der Waals surface area (Å²) in [5.74, 6) is -0.153. The topological polar surface area (TPSA) is 91.4 Å². The number of hydrogen-bond donors (Lipinski definition) is 2. The summed E-state index contributed by atoms with van der Waals surface area (Å²) in [5, 5.41) is 7.38. The first-order valence-electron chi connectivity index (χ1n) is 10.8. The molecule has 2 atom stereocenters. The number of rotatable bonds is 7. The molecule has 7 nitrogen and oxygen atoms in total. The Kier molecular flexibility index (Phi) is 6.90. The fraction of sp³-hybridized carbons (Fsp3) is 0.391. The molecule has 0 aliphatic carbocycles. The summed E-state index contributed by atoms with van der Waals surface area (Å²) in [7, 11) is -3.55. The molecule has 0 spiro atoms. The minimum Gasteiger partial charge on any atom is -0.347 e. The Morgan fingerprint density at radius 1 is 1.25 bits per heavy atom. The molecule has 1 amide bonds. The van der Waals surface area contributed by atoms with E-state index in [-0.39, 0.29) is 22.9 Å². The van der Waals surface area contributed by atoms with Gasteiger partial charge in [-0.2, -0.15) is 4.31 Å². The van der Waals surface area contributed by atoms with Crippen LogP contribution < -0.4 is 10.6 Å². The average molecular weight is 473 g/mol. The Labute approximate surface area is 192 Å².